The van der Waals surface area contributed by atoms with E-state index in [1.807, 2.05) is 19.0 Å². The van der Waals surface area contributed by atoms with E-state index in [1.54, 1.807) is 0 Å². The van der Waals surface area contributed by atoms with Gasteiger partial charge >= 0.3 is 0 Å². The molecule has 6 nitrogen and oxygen atoms in total. The van der Waals surface area contributed by atoms with E-state index in [0.717, 1.165) is 6.54 Å². The fraction of sp³-hybridized carbons (Fsp3) is 0.778. The molecule has 0 bridgehead atoms. The van der Waals surface area contributed by atoms with Crippen LogP contribution in [-0.2, 0) is 9.59 Å². The smallest absolute Gasteiger partial charge is 0.235 e. The van der Waals surface area contributed by atoms with Gasteiger partial charge in [-0.25, -0.2) is 0 Å². The van der Waals surface area contributed by atoms with Crippen molar-refractivity contribution in [2.75, 3.05) is 34.2 Å². The fourth-order valence-electron chi connectivity index (χ4n) is 1.02. The third-order valence-electron chi connectivity index (χ3n) is 1.96. The molecular weight excluding hydrogens is 196 g/mol. The molecule has 0 spiro atoms. The van der Waals surface area contributed by atoms with Crippen molar-refractivity contribution in [1.82, 2.24) is 15.5 Å². The van der Waals surface area contributed by atoms with Crippen LogP contribution in [0.5, 0.6) is 0 Å². The van der Waals surface area contributed by atoms with Crippen molar-refractivity contribution >= 4 is 11.8 Å². The van der Waals surface area contributed by atoms with E-state index in [0.29, 0.717) is 6.54 Å². The zero-order valence-corrected chi connectivity index (χ0v) is 9.54. The Balaban J connectivity index is 3.94. The molecular formula is C9H20N4O2. The fourth-order valence-corrected chi connectivity index (χ4v) is 1.02. The quantitative estimate of drug-likeness (QED) is 0.465. The van der Waals surface area contributed by atoms with E-state index in [4.69, 9.17) is 5.73 Å². The van der Waals surface area contributed by atoms with Crippen molar-refractivity contribution < 1.29 is 9.59 Å². The molecule has 4 N–H and O–H groups in total. The van der Waals surface area contributed by atoms with E-state index < -0.39 is 11.9 Å². The van der Waals surface area contributed by atoms with Gasteiger partial charge in [-0.3, -0.25) is 9.59 Å². The van der Waals surface area contributed by atoms with Crippen LogP contribution in [0.15, 0.2) is 0 Å². The average molecular weight is 216 g/mol. The summed E-state index contributed by atoms with van der Waals surface area (Å²) in [4.78, 5) is 24.0. The van der Waals surface area contributed by atoms with E-state index in [-0.39, 0.29) is 12.3 Å². The summed E-state index contributed by atoms with van der Waals surface area (Å²) >= 11 is 0. The predicted octanol–water partition coefficient (Wildman–Crippen LogP) is -1.87. The van der Waals surface area contributed by atoms with Crippen molar-refractivity contribution in [3.63, 3.8) is 0 Å². The van der Waals surface area contributed by atoms with Gasteiger partial charge < -0.3 is 21.3 Å². The molecule has 2 amide bonds. The van der Waals surface area contributed by atoms with E-state index in [2.05, 4.69) is 10.6 Å². The van der Waals surface area contributed by atoms with Crippen LogP contribution in [0.1, 0.15) is 6.42 Å². The molecule has 0 aliphatic rings. The van der Waals surface area contributed by atoms with Gasteiger partial charge in [-0.05, 0) is 14.1 Å². The van der Waals surface area contributed by atoms with Gasteiger partial charge in [0.15, 0.2) is 0 Å². The monoisotopic (exact) mass is 216 g/mol. The number of hydrogen-bond acceptors (Lipinski definition) is 4. The number of nitrogens with one attached hydrogen (secondary N) is 2. The largest absolute Gasteiger partial charge is 0.368 e. The van der Waals surface area contributed by atoms with Crippen LogP contribution in [-0.4, -0.2) is 57.0 Å². The van der Waals surface area contributed by atoms with Gasteiger partial charge in [-0.2, -0.15) is 0 Å². The van der Waals surface area contributed by atoms with E-state index in [1.165, 1.54) is 7.05 Å². The van der Waals surface area contributed by atoms with Crippen molar-refractivity contribution in [3.8, 4) is 0 Å². The number of nitrogens with two attached hydrogens (primary N) is 1. The minimum atomic E-state index is -0.593. The van der Waals surface area contributed by atoms with Crippen LogP contribution in [0.4, 0.5) is 0 Å². The molecule has 0 aromatic rings. The third-order valence-corrected chi connectivity index (χ3v) is 1.96. The second-order valence-electron chi connectivity index (χ2n) is 3.59. The second-order valence-corrected chi connectivity index (χ2v) is 3.59. The van der Waals surface area contributed by atoms with Crippen molar-refractivity contribution in [1.29, 1.82) is 0 Å². The Morgan fingerprint density at radius 3 is 2.40 bits per heavy atom. The molecule has 0 saturated heterocycles. The van der Waals surface area contributed by atoms with Gasteiger partial charge in [-0.1, -0.05) is 0 Å². The summed E-state index contributed by atoms with van der Waals surface area (Å²) in [6.07, 6.45) is 0.0826. The van der Waals surface area contributed by atoms with Gasteiger partial charge in [0.2, 0.25) is 11.8 Å². The van der Waals surface area contributed by atoms with Crippen molar-refractivity contribution in [2.45, 2.75) is 12.5 Å². The first-order chi connectivity index (χ1) is 6.97. The maximum Gasteiger partial charge on any atom is 0.235 e. The molecule has 0 saturated carbocycles. The summed E-state index contributed by atoms with van der Waals surface area (Å²) in [6, 6.07) is -0.593. The Hall–Kier alpha value is -1.14. The van der Waals surface area contributed by atoms with Crippen LogP contribution in [0.3, 0.4) is 0 Å². The Kier molecular flexibility index (Phi) is 6.64. The molecule has 0 aliphatic carbocycles. The number of likely N-dealkylation sites (N-methyl/N-ethyl adjacent to an activating group) is 1. The highest BCUT2D eigenvalue weighted by Crippen LogP contribution is 1.90. The Morgan fingerprint density at radius 2 is 2.00 bits per heavy atom. The summed E-state index contributed by atoms with van der Waals surface area (Å²) in [5, 5.41) is 5.39. The normalized spacial score (nSPS) is 12.5. The molecule has 1 atom stereocenters. The second kappa shape index (κ2) is 7.19. The Morgan fingerprint density at radius 1 is 1.40 bits per heavy atom. The lowest BCUT2D eigenvalue weighted by molar-refractivity contribution is -0.126. The first-order valence-electron chi connectivity index (χ1n) is 4.85. The molecule has 0 aliphatic heterocycles. The lowest BCUT2D eigenvalue weighted by Crippen LogP contribution is -2.46. The maximum atomic E-state index is 11.1. The molecule has 0 rings (SSSR count). The molecule has 0 radical (unpaired) electrons. The van der Waals surface area contributed by atoms with E-state index >= 15 is 0 Å². The minimum absolute atomic E-state index is 0.0826. The number of hydrogen-bond donors (Lipinski definition) is 3. The first kappa shape index (κ1) is 13.9. The predicted molar refractivity (Wildman–Crippen MR) is 58.2 cm³/mol. The van der Waals surface area contributed by atoms with Crippen LogP contribution in [0, 0.1) is 0 Å². The lowest BCUT2D eigenvalue weighted by Gasteiger charge is -2.16. The zero-order valence-electron chi connectivity index (χ0n) is 9.54. The third kappa shape index (κ3) is 6.87. The molecule has 0 fully saturated rings. The number of amides is 2. The average Bonchev–Trinajstić information content (AvgIpc) is 2.15. The van der Waals surface area contributed by atoms with Gasteiger partial charge in [0.25, 0.3) is 0 Å². The number of rotatable bonds is 7. The molecule has 0 aromatic heterocycles. The molecule has 15 heavy (non-hydrogen) atoms. The van der Waals surface area contributed by atoms with Crippen LogP contribution in [0.25, 0.3) is 0 Å². The van der Waals surface area contributed by atoms with Crippen LogP contribution < -0.4 is 16.4 Å². The lowest BCUT2D eigenvalue weighted by atomic mass is 10.2. The first-order valence-corrected chi connectivity index (χ1v) is 4.85. The summed E-state index contributed by atoms with van der Waals surface area (Å²) < 4.78 is 0. The van der Waals surface area contributed by atoms with Gasteiger partial charge in [0, 0.05) is 20.1 Å². The highest BCUT2D eigenvalue weighted by molar-refractivity contribution is 5.87. The minimum Gasteiger partial charge on any atom is -0.368 e. The molecule has 6 heteroatoms. The van der Waals surface area contributed by atoms with Gasteiger partial charge in [-0.15, -0.1) is 0 Å². The highest BCUT2D eigenvalue weighted by atomic mass is 16.2. The molecule has 0 aromatic carbocycles. The number of carbonyl (C=O) groups is 2. The maximum absolute atomic E-state index is 11.1. The highest BCUT2D eigenvalue weighted by Gasteiger charge is 2.17. The Labute approximate surface area is 90.2 Å². The van der Waals surface area contributed by atoms with E-state index in [9.17, 15) is 9.59 Å². The van der Waals surface area contributed by atoms with Gasteiger partial charge in [0.1, 0.15) is 0 Å². The SMILES string of the molecule is CNC(=O)CC(NCCN(C)C)C(N)=O. The Bertz CT molecular complexity index is 218. The zero-order chi connectivity index (χ0) is 11.8. The summed E-state index contributed by atoms with van der Waals surface area (Å²) in [5.41, 5.74) is 5.16. The van der Waals surface area contributed by atoms with Crippen molar-refractivity contribution in [2.24, 2.45) is 5.73 Å². The summed E-state index contributed by atoms with van der Waals surface area (Å²) in [5.74, 6) is -0.700. The van der Waals surface area contributed by atoms with Crippen LogP contribution >= 0.6 is 0 Å². The standard InChI is InChI=1S/C9H20N4O2/c1-11-8(14)6-7(9(10)15)12-4-5-13(2)3/h7,12H,4-6H2,1-3H3,(H2,10,15)(H,11,14). The number of carbonyl (C=O) groups excluding carboxylic acids is 2. The molecule has 0 heterocycles. The molecule has 88 valence electrons. The number of nitrogens with zero attached hydrogens (tertiary/aromatic N) is 1. The number of primary amides is 1. The van der Waals surface area contributed by atoms with Gasteiger partial charge in [0.05, 0.1) is 12.5 Å². The van der Waals surface area contributed by atoms with Crippen molar-refractivity contribution in [3.05, 3.63) is 0 Å². The van der Waals surface area contributed by atoms with Crippen LogP contribution in [0.2, 0.25) is 0 Å². The topological polar surface area (TPSA) is 87.5 Å². The summed E-state index contributed by atoms with van der Waals surface area (Å²) in [7, 11) is 5.39. The summed E-state index contributed by atoms with van der Waals surface area (Å²) in [6.45, 7) is 1.41. The molecule has 1 unspecified atom stereocenters.